The topological polar surface area (TPSA) is 38.3 Å². The number of hydrogen-bond donors (Lipinski definition) is 1. The highest BCUT2D eigenvalue weighted by molar-refractivity contribution is 5.88. The van der Waals surface area contributed by atoms with Crippen molar-refractivity contribution in [2.24, 2.45) is 0 Å². The van der Waals surface area contributed by atoms with E-state index in [1.807, 2.05) is 60.7 Å². The third-order valence-corrected chi connectivity index (χ3v) is 3.76. The Bertz CT molecular complexity index is 902. The maximum Gasteiger partial charge on any atom is 0.225 e. The molecule has 124 valence electrons. The van der Waals surface area contributed by atoms with Gasteiger partial charge in [0.15, 0.2) is 0 Å². The second-order valence-corrected chi connectivity index (χ2v) is 5.56. The highest BCUT2D eigenvalue weighted by Gasteiger charge is 2.01. The van der Waals surface area contributed by atoms with E-state index in [0.29, 0.717) is 19.6 Å². The van der Waals surface area contributed by atoms with Gasteiger partial charge in [0, 0.05) is 5.39 Å². The van der Waals surface area contributed by atoms with E-state index in [-0.39, 0.29) is 5.91 Å². The minimum absolute atomic E-state index is 0.0320. The molecule has 1 amide bonds. The van der Waals surface area contributed by atoms with Gasteiger partial charge in [-0.05, 0) is 17.0 Å². The molecule has 0 aliphatic carbocycles. The molecule has 3 aromatic rings. The molecule has 0 spiro atoms. The van der Waals surface area contributed by atoms with E-state index in [1.165, 1.54) is 0 Å². The number of nitrogens with one attached hydrogen (secondary N) is 1. The summed E-state index contributed by atoms with van der Waals surface area (Å²) in [7, 11) is 0. The van der Waals surface area contributed by atoms with Crippen LogP contribution in [0.5, 0.6) is 5.75 Å². The Hall–Kier alpha value is -3.25. The Balaban J connectivity index is 1.45. The fraction of sp³-hybridized carbons (Fsp3) is 0.136. The highest BCUT2D eigenvalue weighted by Crippen LogP contribution is 2.24. The molecule has 0 aliphatic rings. The molecule has 3 aromatic carbocycles. The monoisotopic (exact) mass is 329 g/mol. The fourth-order valence-corrected chi connectivity index (χ4v) is 2.54. The summed E-state index contributed by atoms with van der Waals surface area (Å²) in [4.78, 5) is 11.8. The number of rotatable bonds is 5. The maximum absolute atomic E-state index is 11.8. The predicted molar refractivity (Wildman–Crippen MR) is 100 cm³/mol. The molecular weight excluding hydrogens is 310 g/mol. The van der Waals surface area contributed by atoms with Crippen LogP contribution in [-0.4, -0.2) is 19.1 Å². The summed E-state index contributed by atoms with van der Waals surface area (Å²) in [5, 5.41) is 5.00. The number of ether oxygens (including phenoxy) is 1. The van der Waals surface area contributed by atoms with Gasteiger partial charge < -0.3 is 10.1 Å². The number of carbonyl (C=O) groups is 1. The summed E-state index contributed by atoms with van der Waals surface area (Å²) in [6.07, 6.45) is 0.370. The number of fused-ring (bicyclic) bond motifs is 1. The van der Waals surface area contributed by atoms with Gasteiger partial charge in [0.05, 0.1) is 13.0 Å². The van der Waals surface area contributed by atoms with Gasteiger partial charge in [0.25, 0.3) is 0 Å². The van der Waals surface area contributed by atoms with Gasteiger partial charge in [-0.15, -0.1) is 0 Å². The van der Waals surface area contributed by atoms with Crippen molar-refractivity contribution in [2.75, 3.05) is 13.2 Å². The molecular formula is C22H19NO2. The van der Waals surface area contributed by atoms with E-state index in [4.69, 9.17) is 4.74 Å². The molecule has 0 bridgehead atoms. The fourth-order valence-electron chi connectivity index (χ4n) is 2.54. The largest absolute Gasteiger partial charge is 0.480 e. The molecule has 1 N–H and O–H groups in total. The minimum Gasteiger partial charge on any atom is -0.480 e. The van der Waals surface area contributed by atoms with E-state index >= 15 is 0 Å². The van der Waals surface area contributed by atoms with E-state index in [2.05, 4.69) is 29.3 Å². The molecule has 0 saturated carbocycles. The van der Waals surface area contributed by atoms with Gasteiger partial charge in [-0.25, -0.2) is 0 Å². The van der Waals surface area contributed by atoms with Gasteiger partial charge >= 0.3 is 0 Å². The molecule has 0 atom stereocenters. The Morgan fingerprint density at radius 3 is 2.52 bits per heavy atom. The van der Waals surface area contributed by atoms with Crippen LogP contribution in [0, 0.1) is 11.8 Å². The summed E-state index contributed by atoms with van der Waals surface area (Å²) in [6.45, 7) is 0.618. The van der Waals surface area contributed by atoms with Crippen LogP contribution in [0.15, 0.2) is 72.8 Å². The van der Waals surface area contributed by atoms with E-state index in [1.54, 1.807) is 0 Å². The molecule has 0 radical (unpaired) electrons. The second-order valence-electron chi connectivity index (χ2n) is 5.56. The van der Waals surface area contributed by atoms with Crippen molar-refractivity contribution in [3.05, 3.63) is 78.4 Å². The molecule has 0 aromatic heterocycles. The van der Waals surface area contributed by atoms with Crippen LogP contribution >= 0.6 is 0 Å². The average Bonchev–Trinajstić information content (AvgIpc) is 2.65. The summed E-state index contributed by atoms with van der Waals surface area (Å²) >= 11 is 0. The lowest BCUT2D eigenvalue weighted by molar-refractivity contribution is -0.120. The van der Waals surface area contributed by atoms with Gasteiger partial charge in [-0.2, -0.15) is 0 Å². The van der Waals surface area contributed by atoms with Crippen molar-refractivity contribution in [1.29, 1.82) is 0 Å². The third-order valence-electron chi connectivity index (χ3n) is 3.76. The van der Waals surface area contributed by atoms with Crippen LogP contribution in [0.1, 0.15) is 5.56 Å². The highest BCUT2D eigenvalue weighted by atomic mass is 16.5. The number of hydrogen-bond acceptors (Lipinski definition) is 2. The van der Waals surface area contributed by atoms with Crippen molar-refractivity contribution >= 4 is 16.7 Å². The number of benzene rings is 3. The lowest BCUT2D eigenvalue weighted by Gasteiger charge is -2.06. The zero-order chi connectivity index (χ0) is 17.3. The summed E-state index contributed by atoms with van der Waals surface area (Å²) in [5.41, 5.74) is 0.993. The zero-order valence-electron chi connectivity index (χ0n) is 13.9. The van der Waals surface area contributed by atoms with Crippen LogP contribution < -0.4 is 10.1 Å². The normalized spacial score (nSPS) is 9.92. The van der Waals surface area contributed by atoms with Gasteiger partial charge in [-0.1, -0.05) is 78.6 Å². The van der Waals surface area contributed by atoms with E-state index in [0.717, 1.165) is 22.1 Å². The van der Waals surface area contributed by atoms with E-state index in [9.17, 15) is 4.79 Å². The van der Waals surface area contributed by atoms with Crippen LogP contribution in [0.25, 0.3) is 10.8 Å². The average molecular weight is 329 g/mol. The Labute approximate surface area is 147 Å². The molecule has 3 heteroatoms. The summed E-state index contributed by atoms with van der Waals surface area (Å²) in [6, 6.07) is 23.7. The SMILES string of the molecule is O=C(Cc1ccccc1)NCC#CCOc1cccc2ccccc12. The lowest BCUT2D eigenvalue weighted by Crippen LogP contribution is -2.25. The molecule has 0 fully saturated rings. The summed E-state index contributed by atoms with van der Waals surface area (Å²) in [5.74, 6) is 6.63. The number of amides is 1. The first-order valence-corrected chi connectivity index (χ1v) is 8.20. The first kappa shape index (κ1) is 16.6. The van der Waals surface area contributed by atoms with Crippen molar-refractivity contribution < 1.29 is 9.53 Å². The minimum atomic E-state index is -0.0320. The van der Waals surface area contributed by atoms with Crippen molar-refractivity contribution in [1.82, 2.24) is 5.32 Å². The molecule has 0 saturated heterocycles. The van der Waals surface area contributed by atoms with Gasteiger partial charge in [0.1, 0.15) is 12.4 Å². The molecule has 25 heavy (non-hydrogen) atoms. The number of carbonyl (C=O) groups excluding carboxylic acids is 1. The quantitative estimate of drug-likeness (QED) is 0.727. The molecule has 3 nitrogen and oxygen atoms in total. The Morgan fingerprint density at radius 2 is 1.64 bits per heavy atom. The van der Waals surface area contributed by atoms with Gasteiger partial charge in [-0.3, -0.25) is 4.79 Å². The third kappa shape index (κ3) is 4.86. The van der Waals surface area contributed by atoms with Crippen LogP contribution in [0.3, 0.4) is 0 Å². The molecule has 0 unspecified atom stereocenters. The van der Waals surface area contributed by atoms with Crippen molar-refractivity contribution in [3.63, 3.8) is 0 Å². The van der Waals surface area contributed by atoms with Crippen LogP contribution in [0.2, 0.25) is 0 Å². The predicted octanol–water partition coefficient (Wildman–Crippen LogP) is 3.58. The summed E-state index contributed by atoms with van der Waals surface area (Å²) < 4.78 is 5.74. The smallest absolute Gasteiger partial charge is 0.225 e. The first-order valence-electron chi connectivity index (χ1n) is 8.20. The van der Waals surface area contributed by atoms with Gasteiger partial charge in [0.2, 0.25) is 5.91 Å². The zero-order valence-corrected chi connectivity index (χ0v) is 13.9. The van der Waals surface area contributed by atoms with Crippen molar-refractivity contribution in [3.8, 4) is 17.6 Å². The van der Waals surface area contributed by atoms with Crippen LogP contribution in [0.4, 0.5) is 0 Å². The first-order chi connectivity index (χ1) is 12.3. The molecule has 0 aliphatic heterocycles. The Morgan fingerprint density at radius 1 is 0.880 bits per heavy atom. The van der Waals surface area contributed by atoms with Crippen molar-refractivity contribution in [2.45, 2.75) is 6.42 Å². The lowest BCUT2D eigenvalue weighted by atomic mass is 10.1. The maximum atomic E-state index is 11.8. The molecule has 0 heterocycles. The standard InChI is InChI=1S/C22H19NO2/c24-22(17-18-9-2-1-3-10-18)23-15-6-7-16-25-21-14-8-12-19-11-4-5-13-20(19)21/h1-5,8-14H,15-17H2,(H,23,24). The second kappa shape index (κ2) is 8.56. The van der Waals surface area contributed by atoms with E-state index < -0.39 is 0 Å². The van der Waals surface area contributed by atoms with Crippen LogP contribution in [-0.2, 0) is 11.2 Å². The molecule has 3 rings (SSSR count). The Kier molecular flexibility index (Phi) is 5.68.